The Labute approximate surface area is 131 Å². The first kappa shape index (κ1) is 16.5. The van der Waals surface area contributed by atoms with Gasteiger partial charge in [-0.25, -0.2) is 0 Å². The molecule has 0 spiro atoms. The summed E-state index contributed by atoms with van der Waals surface area (Å²) in [6.07, 6.45) is 13.8. The van der Waals surface area contributed by atoms with Crippen molar-refractivity contribution in [3.05, 3.63) is 46.7 Å². The van der Waals surface area contributed by atoms with E-state index in [4.69, 9.17) is 4.74 Å². The standard InChI is InChI=1S/C19H30OSi/c1-15-12-13-19(20-5,17(14-15)18(2,3)4)21(6,7)16-10-8-9-11-16/h8,10-12,14H,9,13H2,1-7H3. The summed E-state index contributed by atoms with van der Waals surface area (Å²) in [5.74, 6) is 0. The van der Waals surface area contributed by atoms with E-state index in [1.807, 2.05) is 7.11 Å². The maximum Gasteiger partial charge on any atom is 0.122 e. The minimum Gasteiger partial charge on any atom is -0.377 e. The average Bonchev–Trinajstić information content (AvgIpc) is 2.92. The fraction of sp³-hybridized carbons (Fsp3) is 0.579. The van der Waals surface area contributed by atoms with Crippen LogP contribution in [0.3, 0.4) is 0 Å². The number of allylic oxidation sites excluding steroid dienone is 6. The average molecular weight is 303 g/mol. The molecule has 116 valence electrons. The lowest BCUT2D eigenvalue weighted by molar-refractivity contribution is 0.0692. The number of methoxy groups -OCH3 is 1. The molecular weight excluding hydrogens is 272 g/mol. The first-order valence-electron chi connectivity index (χ1n) is 7.97. The van der Waals surface area contributed by atoms with Crippen molar-refractivity contribution >= 4 is 8.07 Å². The molecular formula is C19H30OSi. The molecule has 0 amide bonds. The summed E-state index contributed by atoms with van der Waals surface area (Å²) in [4.78, 5) is 0. The van der Waals surface area contributed by atoms with E-state index in [-0.39, 0.29) is 10.6 Å². The minimum absolute atomic E-state index is 0.124. The largest absolute Gasteiger partial charge is 0.377 e. The molecule has 0 radical (unpaired) electrons. The Morgan fingerprint density at radius 1 is 1.19 bits per heavy atom. The summed E-state index contributed by atoms with van der Waals surface area (Å²) in [7, 11) is 0.122. The Morgan fingerprint density at radius 3 is 2.33 bits per heavy atom. The zero-order valence-corrected chi connectivity index (χ0v) is 15.7. The summed E-state index contributed by atoms with van der Waals surface area (Å²) in [5.41, 5.74) is 2.96. The van der Waals surface area contributed by atoms with Crippen LogP contribution in [0.4, 0.5) is 0 Å². The smallest absolute Gasteiger partial charge is 0.122 e. The molecule has 1 unspecified atom stereocenters. The van der Waals surface area contributed by atoms with Crippen LogP contribution < -0.4 is 0 Å². The van der Waals surface area contributed by atoms with Crippen molar-refractivity contribution in [1.82, 2.24) is 0 Å². The number of hydrogen-bond acceptors (Lipinski definition) is 1. The molecule has 2 rings (SSSR count). The van der Waals surface area contributed by atoms with Crippen LogP contribution in [-0.2, 0) is 4.74 Å². The summed E-state index contributed by atoms with van der Waals surface area (Å²) < 4.78 is 6.32. The third-order valence-corrected chi connectivity index (χ3v) is 9.69. The van der Waals surface area contributed by atoms with Gasteiger partial charge in [0.1, 0.15) is 8.07 Å². The fourth-order valence-corrected chi connectivity index (χ4v) is 7.71. The van der Waals surface area contributed by atoms with Crippen LogP contribution in [0.5, 0.6) is 0 Å². The van der Waals surface area contributed by atoms with Gasteiger partial charge in [0.05, 0.1) is 5.22 Å². The molecule has 21 heavy (non-hydrogen) atoms. The summed E-state index contributed by atoms with van der Waals surface area (Å²) >= 11 is 0. The van der Waals surface area contributed by atoms with Gasteiger partial charge in [-0.1, -0.05) is 75.0 Å². The van der Waals surface area contributed by atoms with Gasteiger partial charge in [-0.05, 0) is 30.8 Å². The number of hydrogen-bond donors (Lipinski definition) is 0. The maximum absolute atomic E-state index is 6.32. The topological polar surface area (TPSA) is 9.23 Å². The maximum atomic E-state index is 6.32. The molecule has 1 nitrogen and oxygen atoms in total. The van der Waals surface area contributed by atoms with Crippen molar-refractivity contribution < 1.29 is 4.74 Å². The van der Waals surface area contributed by atoms with Crippen molar-refractivity contribution in [2.45, 2.75) is 58.9 Å². The molecule has 2 aliphatic rings. The Bertz CT molecular complexity index is 540. The quantitative estimate of drug-likeness (QED) is 0.637. The first-order chi connectivity index (χ1) is 9.65. The van der Waals surface area contributed by atoms with Gasteiger partial charge in [0, 0.05) is 7.11 Å². The van der Waals surface area contributed by atoms with Crippen LogP contribution in [0.2, 0.25) is 13.1 Å². The molecule has 0 N–H and O–H groups in total. The van der Waals surface area contributed by atoms with E-state index >= 15 is 0 Å². The van der Waals surface area contributed by atoms with Crippen LogP contribution in [-0.4, -0.2) is 20.4 Å². The molecule has 0 saturated heterocycles. The highest BCUT2D eigenvalue weighted by Gasteiger charge is 2.54. The molecule has 0 saturated carbocycles. The van der Waals surface area contributed by atoms with E-state index in [1.165, 1.54) is 16.3 Å². The molecule has 0 bridgehead atoms. The lowest BCUT2D eigenvalue weighted by atomic mass is 9.78. The second-order valence-electron chi connectivity index (χ2n) is 7.91. The predicted octanol–water partition coefficient (Wildman–Crippen LogP) is 5.37. The monoisotopic (exact) mass is 302 g/mol. The zero-order valence-electron chi connectivity index (χ0n) is 14.7. The number of rotatable bonds is 3. The zero-order chi connectivity index (χ0) is 15.9. The van der Waals surface area contributed by atoms with Crippen LogP contribution in [0, 0.1) is 5.41 Å². The van der Waals surface area contributed by atoms with Gasteiger partial charge in [0.25, 0.3) is 0 Å². The highest BCUT2D eigenvalue weighted by atomic mass is 28.3. The fourth-order valence-electron chi connectivity index (χ4n) is 3.84. The van der Waals surface area contributed by atoms with Crippen LogP contribution in [0.25, 0.3) is 0 Å². The predicted molar refractivity (Wildman–Crippen MR) is 95.0 cm³/mol. The van der Waals surface area contributed by atoms with Gasteiger partial charge in [-0.15, -0.1) is 0 Å². The lowest BCUT2D eigenvalue weighted by Gasteiger charge is -2.51. The minimum atomic E-state index is -1.78. The van der Waals surface area contributed by atoms with Crippen molar-refractivity contribution in [2.75, 3.05) is 7.11 Å². The SMILES string of the molecule is COC1([Si](C)(C)C2=CCC=C2)CC=C(C)C=C1C(C)(C)C. The molecule has 0 aromatic heterocycles. The third-order valence-electron chi connectivity index (χ3n) is 5.18. The van der Waals surface area contributed by atoms with Gasteiger partial charge in [0.2, 0.25) is 0 Å². The van der Waals surface area contributed by atoms with Gasteiger partial charge in [-0.2, -0.15) is 0 Å². The molecule has 2 aliphatic carbocycles. The van der Waals surface area contributed by atoms with Crippen LogP contribution >= 0.6 is 0 Å². The number of ether oxygens (including phenoxy) is 1. The van der Waals surface area contributed by atoms with E-state index in [1.54, 1.807) is 0 Å². The third kappa shape index (κ3) is 2.64. The second-order valence-corrected chi connectivity index (χ2v) is 12.5. The first-order valence-corrected chi connectivity index (χ1v) is 11.0. The molecule has 1 atom stereocenters. The second kappa shape index (κ2) is 5.40. The van der Waals surface area contributed by atoms with E-state index in [0.717, 1.165) is 12.8 Å². The Morgan fingerprint density at radius 2 is 1.86 bits per heavy atom. The lowest BCUT2D eigenvalue weighted by Crippen LogP contribution is -2.60. The van der Waals surface area contributed by atoms with E-state index in [9.17, 15) is 0 Å². The van der Waals surface area contributed by atoms with Crippen molar-refractivity contribution in [2.24, 2.45) is 5.41 Å². The summed E-state index contributed by atoms with van der Waals surface area (Å²) in [6.45, 7) is 14.1. The van der Waals surface area contributed by atoms with Crippen molar-refractivity contribution in [3.8, 4) is 0 Å². The van der Waals surface area contributed by atoms with E-state index in [0.29, 0.717) is 0 Å². The highest BCUT2D eigenvalue weighted by Crippen LogP contribution is 2.49. The Hall–Kier alpha value is -0.863. The van der Waals surface area contributed by atoms with E-state index < -0.39 is 8.07 Å². The van der Waals surface area contributed by atoms with Crippen molar-refractivity contribution in [1.29, 1.82) is 0 Å². The van der Waals surface area contributed by atoms with Gasteiger partial charge in [-0.3, -0.25) is 0 Å². The molecule has 0 aromatic carbocycles. The van der Waals surface area contributed by atoms with Crippen LogP contribution in [0.1, 0.15) is 40.5 Å². The Balaban J connectivity index is 2.60. The van der Waals surface area contributed by atoms with Crippen LogP contribution in [0.15, 0.2) is 46.7 Å². The van der Waals surface area contributed by atoms with Gasteiger partial charge in [0.15, 0.2) is 0 Å². The highest BCUT2D eigenvalue weighted by molar-refractivity contribution is 6.88. The Kier molecular flexibility index (Phi) is 4.25. The molecule has 2 heteroatoms. The molecule has 0 fully saturated rings. The summed E-state index contributed by atoms with van der Waals surface area (Å²) in [6, 6.07) is 0. The molecule has 0 aliphatic heterocycles. The molecule has 0 aromatic rings. The molecule has 0 heterocycles. The van der Waals surface area contributed by atoms with E-state index in [2.05, 4.69) is 71.2 Å². The van der Waals surface area contributed by atoms with Gasteiger partial charge < -0.3 is 4.74 Å². The normalized spacial score (nSPS) is 26.5. The van der Waals surface area contributed by atoms with Gasteiger partial charge >= 0.3 is 0 Å². The van der Waals surface area contributed by atoms with Crippen molar-refractivity contribution in [3.63, 3.8) is 0 Å². The summed E-state index contributed by atoms with van der Waals surface area (Å²) in [5, 5.41) is 1.40.